The molecular formula is C18H19BrClNO2. The lowest BCUT2D eigenvalue weighted by molar-refractivity contribution is -0.118. The second-order valence-electron chi connectivity index (χ2n) is 5.60. The molecule has 0 saturated heterocycles. The highest BCUT2D eigenvalue weighted by atomic mass is 79.9. The number of ether oxygens (including phenoxy) is 1. The van der Waals surface area contributed by atoms with Crippen LogP contribution in [0.4, 0.5) is 5.69 Å². The largest absolute Gasteiger partial charge is 0.483 e. The van der Waals surface area contributed by atoms with Gasteiger partial charge in [-0.25, -0.2) is 0 Å². The van der Waals surface area contributed by atoms with E-state index in [1.165, 1.54) is 0 Å². The van der Waals surface area contributed by atoms with E-state index >= 15 is 0 Å². The minimum Gasteiger partial charge on any atom is -0.483 e. The normalized spacial score (nSPS) is 10.5. The van der Waals surface area contributed by atoms with Gasteiger partial charge in [0.15, 0.2) is 6.61 Å². The molecule has 0 saturated carbocycles. The van der Waals surface area contributed by atoms with E-state index in [2.05, 4.69) is 21.2 Å². The van der Waals surface area contributed by atoms with Gasteiger partial charge in [0.1, 0.15) is 5.75 Å². The molecule has 0 aliphatic rings. The predicted molar refractivity (Wildman–Crippen MR) is 98.7 cm³/mol. The fourth-order valence-electron chi connectivity index (χ4n) is 2.29. The molecule has 5 heteroatoms. The third-order valence-electron chi connectivity index (χ3n) is 3.58. The maximum Gasteiger partial charge on any atom is 0.262 e. The average molecular weight is 397 g/mol. The van der Waals surface area contributed by atoms with Crippen molar-refractivity contribution in [3.63, 3.8) is 0 Å². The van der Waals surface area contributed by atoms with Crippen molar-refractivity contribution in [3.05, 3.63) is 56.0 Å². The van der Waals surface area contributed by atoms with Crippen molar-refractivity contribution in [1.29, 1.82) is 0 Å². The van der Waals surface area contributed by atoms with Gasteiger partial charge in [0.2, 0.25) is 0 Å². The van der Waals surface area contributed by atoms with Crippen LogP contribution in [0.3, 0.4) is 0 Å². The summed E-state index contributed by atoms with van der Waals surface area (Å²) in [4.78, 5) is 12.1. The second-order valence-corrected chi connectivity index (χ2v) is 6.77. The van der Waals surface area contributed by atoms with E-state index < -0.39 is 0 Å². The number of carbonyl (C=O) groups excluding carboxylic acids is 1. The molecule has 0 aliphatic heterocycles. The maximum atomic E-state index is 12.1. The first-order valence-electron chi connectivity index (χ1n) is 7.24. The van der Waals surface area contributed by atoms with Gasteiger partial charge >= 0.3 is 0 Å². The van der Waals surface area contributed by atoms with E-state index in [-0.39, 0.29) is 12.5 Å². The molecule has 0 fully saturated rings. The molecule has 2 rings (SSSR count). The van der Waals surface area contributed by atoms with E-state index in [1.807, 2.05) is 52.0 Å². The van der Waals surface area contributed by atoms with Crippen molar-refractivity contribution in [1.82, 2.24) is 0 Å². The lowest BCUT2D eigenvalue weighted by atomic mass is 10.1. The summed E-state index contributed by atoms with van der Waals surface area (Å²) in [5.41, 5.74) is 4.80. The molecule has 122 valence electrons. The van der Waals surface area contributed by atoms with Crippen LogP contribution in [0.1, 0.15) is 22.3 Å². The van der Waals surface area contributed by atoms with Crippen LogP contribution in [-0.2, 0) is 4.79 Å². The zero-order valence-electron chi connectivity index (χ0n) is 13.6. The number of hydrogen-bond acceptors (Lipinski definition) is 2. The van der Waals surface area contributed by atoms with Gasteiger partial charge in [-0.15, -0.1) is 0 Å². The molecule has 0 spiro atoms. The lowest BCUT2D eigenvalue weighted by Gasteiger charge is -2.14. The van der Waals surface area contributed by atoms with Gasteiger partial charge in [-0.2, -0.15) is 0 Å². The number of anilines is 1. The van der Waals surface area contributed by atoms with E-state index in [0.29, 0.717) is 10.8 Å². The van der Waals surface area contributed by atoms with E-state index in [0.717, 1.165) is 32.4 Å². The summed E-state index contributed by atoms with van der Waals surface area (Å²) in [6.07, 6.45) is 0. The highest BCUT2D eigenvalue weighted by Gasteiger charge is 2.13. The Morgan fingerprint density at radius 1 is 1.17 bits per heavy atom. The summed E-state index contributed by atoms with van der Waals surface area (Å²) in [5, 5.41) is 3.56. The monoisotopic (exact) mass is 395 g/mol. The van der Waals surface area contributed by atoms with Crippen LogP contribution in [0.5, 0.6) is 5.75 Å². The second kappa shape index (κ2) is 7.37. The molecule has 0 aromatic heterocycles. The molecule has 2 aromatic rings. The first-order valence-corrected chi connectivity index (χ1v) is 8.41. The summed E-state index contributed by atoms with van der Waals surface area (Å²) in [5.74, 6) is 0.411. The standard InChI is InChI=1S/C18H19BrClNO2/c1-10-5-6-14(11(2)7-10)21-16(22)9-23-15-8-12(3)18(20)13(4)17(15)19/h5-8H,9H2,1-4H3,(H,21,22). The van der Waals surface area contributed by atoms with Gasteiger partial charge < -0.3 is 10.1 Å². The van der Waals surface area contributed by atoms with Crippen molar-refractivity contribution >= 4 is 39.1 Å². The smallest absolute Gasteiger partial charge is 0.262 e. The summed E-state index contributed by atoms with van der Waals surface area (Å²) >= 11 is 9.65. The van der Waals surface area contributed by atoms with Crippen molar-refractivity contribution in [2.45, 2.75) is 27.7 Å². The number of carbonyl (C=O) groups is 1. The van der Waals surface area contributed by atoms with Crippen molar-refractivity contribution < 1.29 is 9.53 Å². The fraction of sp³-hybridized carbons (Fsp3) is 0.278. The van der Waals surface area contributed by atoms with Crippen molar-refractivity contribution in [2.75, 3.05) is 11.9 Å². The zero-order valence-corrected chi connectivity index (χ0v) is 15.9. The number of aryl methyl sites for hydroxylation is 3. The Morgan fingerprint density at radius 2 is 1.87 bits per heavy atom. The summed E-state index contributed by atoms with van der Waals surface area (Å²) in [6, 6.07) is 7.71. The third-order valence-corrected chi connectivity index (χ3v) is 5.15. The van der Waals surface area contributed by atoms with Crippen molar-refractivity contribution in [2.24, 2.45) is 0 Å². The molecular weight excluding hydrogens is 378 g/mol. The molecule has 0 radical (unpaired) electrons. The van der Waals surface area contributed by atoms with Crippen LogP contribution >= 0.6 is 27.5 Å². The Bertz CT molecular complexity index is 759. The molecule has 3 nitrogen and oxygen atoms in total. The predicted octanol–water partition coefficient (Wildman–Crippen LogP) is 5.35. The van der Waals surface area contributed by atoms with Gasteiger partial charge in [0, 0.05) is 10.7 Å². The molecule has 2 aromatic carbocycles. The first kappa shape index (κ1) is 17.8. The van der Waals surface area contributed by atoms with Gasteiger partial charge in [-0.05, 0) is 72.4 Å². The van der Waals surface area contributed by atoms with Gasteiger partial charge in [-0.3, -0.25) is 4.79 Å². The zero-order chi connectivity index (χ0) is 17.1. The Morgan fingerprint density at radius 3 is 2.52 bits per heavy atom. The lowest BCUT2D eigenvalue weighted by Crippen LogP contribution is -2.21. The maximum absolute atomic E-state index is 12.1. The SMILES string of the molecule is Cc1ccc(NC(=O)COc2cc(C)c(Cl)c(C)c2Br)c(C)c1. The third kappa shape index (κ3) is 4.27. The van der Waals surface area contributed by atoms with E-state index in [9.17, 15) is 4.79 Å². The molecule has 0 bridgehead atoms. The number of amides is 1. The molecule has 1 N–H and O–H groups in total. The van der Waals surface area contributed by atoms with Crippen LogP contribution in [0.25, 0.3) is 0 Å². The Labute approximate surface area is 150 Å². The molecule has 0 aliphatic carbocycles. The van der Waals surface area contributed by atoms with Crippen LogP contribution in [-0.4, -0.2) is 12.5 Å². The van der Waals surface area contributed by atoms with E-state index in [1.54, 1.807) is 0 Å². The van der Waals surface area contributed by atoms with Crippen LogP contribution in [0, 0.1) is 27.7 Å². The molecule has 0 atom stereocenters. The molecule has 0 unspecified atom stereocenters. The molecule has 23 heavy (non-hydrogen) atoms. The van der Waals surface area contributed by atoms with Crippen LogP contribution < -0.4 is 10.1 Å². The summed E-state index contributed by atoms with van der Waals surface area (Å²) in [7, 11) is 0. The fourth-order valence-corrected chi connectivity index (χ4v) is 2.98. The van der Waals surface area contributed by atoms with Crippen molar-refractivity contribution in [3.8, 4) is 5.75 Å². The Hall–Kier alpha value is -1.52. The first-order chi connectivity index (χ1) is 10.8. The quantitative estimate of drug-likeness (QED) is 0.756. The minimum absolute atomic E-state index is 0.0631. The molecule has 0 heterocycles. The van der Waals surface area contributed by atoms with Crippen LogP contribution in [0.15, 0.2) is 28.7 Å². The highest BCUT2D eigenvalue weighted by Crippen LogP contribution is 2.35. The minimum atomic E-state index is -0.200. The number of halogens is 2. The van der Waals surface area contributed by atoms with Crippen LogP contribution in [0.2, 0.25) is 5.02 Å². The van der Waals surface area contributed by atoms with Gasteiger partial charge in [-0.1, -0.05) is 29.3 Å². The average Bonchev–Trinajstić information content (AvgIpc) is 2.50. The Kier molecular flexibility index (Phi) is 5.71. The number of hydrogen-bond donors (Lipinski definition) is 1. The highest BCUT2D eigenvalue weighted by molar-refractivity contribution is 9.10. The van der Waals surface area contributed by atoms with E-state index in [4.69, 9.17) is 16.3 Å². The number of benzene rings is 2. The topological polar surface area (TPSA) is 38.3 Å². The van der Waals surface area contributed by atoms with Gasteiger partial charge in [0.25, 0.3) is 5.91 Å². The Balaban J connectivity index is 2.05. The van der Waals surface area contributed by atoms with Gasteiger partial charge in [0.05, 0.1) is 4.47 Å². The number of nitrogens with one attached hydrogen (secondary N) is 1. The number of rotatable bonds is 4. The molecule has 1 amide bonds. The summed E-state index contributed by atoms with van der Waals surface area (Å²) in [6.45, 7) is 7.73. The summed E-state index contributed by atoms with van der Waals surface area (Å²) < 4.78 is 6.40.